The van der Waals surface area contributed by atoms with Crippen molar-refractivity contribution in [1.82, 2.24) is 0 Å². The molecule has 0 aromatic heterocycles. The maximum absolute atomic E-state index is 11.9. The molecule has 0 saturated heterocycles. The van der Waals surface area contributed by atoms with Crippen LogP contribution < -0.4 is 0 Å². The number of carbonyl (C=O) groups is 1. The molecule has 0 radical (unpaired) electrons. The SMILES string of the molecule is C=CCC/C=C/CCCCC(=O)c1ccccc1O. The summed E-state index contributed by atoms with van der Waals surface area (Å²) >= 11 is 0. The van der Waals surface area contributed by atoms with E-state index in [0.29, 0.717) is 12.0 Å². The van der Waals surface area contributed by atoms with Gasteiger partial charge in [-0.3, -0.25) is 4.79 Å². The Labute approximate surface area is 115 Å². The number of phenolic OH excluding ortho intramolecular Hbond substituents is 1. The zero-order valence-corrected chi connectivity index (χ0v) is 11.3. The highest BCUT2D eigenvalue weighted by atomic mass is 16.3. The van der Waals surface area contributed by atoms with Crippen LogP contribution in [0.3, 0.4) is 0 Å². The van der Waals surface area contributed by atoms with E-state index in [1.165, 1.54) is 0 Å². The molecule has 102 valence electrons. The number of carbonyl (C=O) groups excluding carboxylic acids is 1. The first kappa shape index (κ1) is 15.2. The summed E-state index contributed by atoms with van der Waals surface area (Å²) in [6.45, 7) is 3.67. The van der Waals surface area contributed by atoms with Crippen LogP contribution in [0.25, 0.3) is 0 Å². The fourth-order valence-electron chi connectivity index (χ4n) is 1.84. The maximum Gasteiger partial charge on any atom is 0.166 e. The number of phenols is 1. The Morgan fingerprint density at radius 1 is 1.11 bits per heavy atom. The van der Waals surface area contributed by atoms with Crippen LogP contribution in [0.4, 0.5) is 0 Å². The van der Waals surface area contributed by atoms with Gasteiger partial charge in [0.25, 0.3) is 0 Å². The van der Waals surface area contributed by atoms with Crippen molar-refractivity contribution in [3.8, 4) is 5.75 Å². The quantitative estimate of drug-likeness (QED) is 0.397. The van der Waals surface area contributed by atoms with Gasteiger partial charge in [0.15, 0.2) is 5.78 Å². The summed E-state index contributed by atoms with van der Waals surface area (Å²) in [7, 11) is 0. The number of unbranched alkanes of at least 4 members (excludes halogenated alkanes) is 3. The van der Waals surface area contributed by atoms with Gasteiger partial charge in [-0.05, 0) is 44.2 Å². The van der Waals surface area contributed by atoms with Gasteiger partial charge in [0.05, 0.1) is 5.56 Å². The minimum absolute atomic E-state index is 0.0220. The second kappa shape index (κ2) is 9.15. The molecule has 0 aliphatic heterocycles. The normalized spacial score (nSPS) is 10.7. The van der Waals surface area contributed by atoms with E-state index >= 15 is 0 Å². The van der Waals surface area contributed by atoms with Crippen LogP contribution in [-0.4, -0.2) is 10.9 Å². The number of allylic oxidation sites excluding steroid dienone is 3. The summed E-state index contributed by atoms with van der Waals surface area (Å²) in [5, 5.41) is 9.56. The molecule has 0 saturated carbocycles. The van der Waals surface area contributed by atoms with Crippen molar-refractivity contribution in [3.05, 3.63) is 54.6 Å². The van der Waals surface area contributed by atoms with Gasteiger partial charge in [0.1, 0.15) is 5.75 Å². The summed E-state index contributed by atoms with van der Waals surface area (Å²) in [6.07, 6.45) is 11.7. The lowest BCUT2D eigenvalue weighted by molar-refractivity contribution is 0.0977. The van der Waals surface area contributed by atoms with E-state index in [1.807, 2.05) is 6.08 Å². The molecule has 0 atom stereocenters. The molecule has 2 nitrogen and oxygen atoms in total. The smallest absolute Gasteiger partial charge is 0.166 e. The highest BCUT2D eigenvalue weighted by Crippen LogP contribution is 2.18. The fraction of sp³-hybridized carbons (Fsp3) is 0.353. The molecule has 19 heavy (non-hydrogen) atoms. The highest BCUT2D eigenvalue weighted by Gasteiger charge is 2.09. The lowest BCUT2D eigenvalue weighted by Crippen LogP contribution is -1.98. The van der Waals surface area contributed by atoms with Gasteiger partial charge in [-0.15, -0.1) is 6.58 Å². The Bertz CT molecular complexity index is 433. The van der Waals surface area contributed by atoms with Crippen LogP contribution in [-0.2, 0) is 0 Å². The molecule has 1 rings (SSSR count). The van der Waals surface area contributed by atoms with Crippen LogP contribution in [0.15, 0.2) is 49.1 Å². The van der Waals surface area contributed by atoms with Crippen LogP contribution in [0, 0.1) is 0 Å². The van der Waals surface area contributed by atoms with Crippen molar-refractivity contribution in [1.29, 1.82) is 0 Å². The molecule has 0 aliphatic rings. The molecule has 1 N–H and O–H groups in total. The Balaban J connectivity index is 2.19. The van der Waals surface area contributed by atoms with Crippen molar-refractivity contribution in [3.63, 3.8) is 0 Å². The highest BCUT2D eigenvalue weighted by molar-refractivity contribution is 5.98. The molecule has 0 amide bonds. The third-order valence-corrected chi connectivity index (χ3v) is 2.93. The first-order chi connectivity index (χ1) is 9.25. The third-order valence-electron chi connectivity index (χ3n) is 2.93. The van der Waals surface area contributed by atoms with Crippen molar-refractivity contribution in [2.24, 2.45) is 0 Å². The lowest BCUT2D eigenvalue weighted by Gasteiger charge is -2.02. The Hall–Kier alpha value is -1.83. The van der Waals surface area contributed by atoms with E-state index in [2.05, 4.69) is 18.7 Å². The number of aromatic hydroxyl groups is 1. The Morgan fingerprint density at radius 2 is 1.84 bits per heavy atom. The predicted octanol–water partition coefficient (Wildman–Crippen LogP) is 4.66. The molecule has 0 fully saturated rings. The van der Waals surface area contributed by atoms with E-state index in [-0.39, 0.29) is 11.5 Å². The molecule has 2 heteroatoms. The maximum atomic E-state index is 11.9. The zero-order valence-electron chi connectivity index (χ0n) is 11.3. The van der Waals surface area contributed by atoms with E-state index in [1.54, 1.807) is 24.3 Å². The van der Waals surface area contributed by atoms with Crippen LogP contribution in [0.1, 0.15) is 48.9 Å². The van der Waals surface area contributed by atoms with Crippen molar-refractivity contribution in [2.45, 2.75) is 38.5 Å². The average Bonchev–Trinajstić information content (AvgIpc) is 2.42. The molecule has 0 spiro atoms. The van der Waals surface area contributed by atoms with Gasteiger partial charge in [0.2, 0.25) is 0 Å². The largest absolute Gasteiger partial charge is 0.507 e. The number of rotatable bonds is 9. The second-order valence-corrected chi connectivity index (χ2v) is 4.52. The average molecular weight is 258 g/mol. The van der Waals surface area contributed by atoms with Gasteiger partial charge in [0, 0.05) is 6.42 Å². The molecule has 1 aromatic carbocycles. The number of hydrogen-bond acceptors (Lipinski definition) is 2. The summed E-state index contributed by atoms with van der Waals surface area (Å²) in [4.78, 5) is 11.9. The molecular weight excluding hydrogens is 236 g/mol. The van der Waals surface area contributed by atoms with Gasteiger partial charge >= 0.3 is 0 Å². The first-order valence-electron chi connectivity index (χ1n) is 6.82. The second-order valence-electron chi connectivity index (χ2n) is 4.52. The van der Waals surface area contributed by atoms with Crippen molar-refractivity contribution in [2.75, 3.05) is 0 Å². The Kier molecular flexibility index (Phi) is 7.33. The van der Waals surface area contributed by atoms with Gasteiger partial charge in [-0.25, -0.2) is 0 Å². The standard InChI is InChI=1S/C17H22O2/c1-2-3-4-5-6-7-8-9-13-16(18)15-12-10-11-14-17(15)19/h2,5-6,10-12,14,19H,1,3-4,7-9,13H2/b6-5+. The van der Waals surface area contributed by atoms with E-state index in [9.17, 15) is 9.90 Å². The monoisotopic (exact) mass is 258 g/mol. The zero-order chi connectivity index (χ0) is 13.9. The third kappa shape index (κ3) is 6.05. The number of para-hydroxylation sites is 1. The summed E-state index contributed by atoms with van der Waals surface area (Å²) in [6, 6.07) is 6.72. The van der Waals surface area contributed by atoms with Crippen molar-refractivity contribution >= 4 is 5.78 Å². The first-order valence-corrected chi connectivity index (χ1v) is 6.82. The van der Waals surface area contributed by atoms with Crippen molar-refractivity contribution < 1.29 is 9.90 Å². The minimum Gasteiger partial charge on any atom is -0.507 e. The Morgan fingerprint density at radius 3 is 2.58 bits per heavy atom. The lowest BCUT2D eigenvalue weighted by atomic mass is 10.0. The number of Topliss-reactive ketones (excluding diaryl/α,β-unsaturated/α-hetero) is 1. The summed E-state index contributed by atoms with van der Waals surface area (Å²) < 4.78 is 0. The summed E-state index contributed by atoms with van der Waals surface area (Å²) in [5.74, 6) is 0.102. The van der Waals surface area contributed by atoms with Gasteiger partial charge in [-0.2, -0.15) is 0 Å². The molecular formula is C17H22O2. The molecule has 0 bridgehead atoms. The van der Waals surface area contributed by atoms with Gasteiger partial charge in [-0.1, -0.05) is 30.4 Å². The molecule has 1 aromatic rings. The van der Waals surface area contributed by atoms with Crippen LogP contribution >= 0.6 is 0 Å². The topological polar surface area (TPSA) is 37.3 Å². The van der Waals surface area contributed by atoms with E-state index < -0.39 is 0 Å². The van der Waals surface area contributed by atoms with E-state index in [0.717, 1.165) is 32.1 Å². The molecule has 0 unspecified atom stereocenters. The number of ketones is 1. The molecule has 0 heterocycles. The van der Waals surface area contributed by atoms with E-state index in [4.69, 9.17) is 0 Å². The summed E-state index contributed by atoms with van der Waals surface area (Å²) in [5.41, 5.74) is 0.434. The molecule has 0 aliphatic carbocycles. The fourth-order valence-corrected chi connectivity index (χ4v) is 1.84. The van der Waals surface area contributed by atoms with Crippen LogP contribution in [0.5, 0.6) is 5.75 Å². The number of hydrogen-bond donors (Lipinski definition) is 1. The number of benzene rings is 1. The van der Waals surface area contributed by atoms with Crippen LogP contribution in [0.2, 0.25) is 0 Å². The minimum atomic E-state index is 0.0220. The van der Waals surface area contributed by atoms with Gasteiger partial charge < -0.3 is 5.11 Å². The predicted molar refractivity (Wildman–Crippen MR) is 79.5 cm³/mol.